The molecule has 2 rings (SSSR count). The highest BCUT2D eigenvalue weighted by Gasteiger charge is 2.24. The molecule has 1 saturated carbocycles. The fourth-order valence-electron chi connectivity index (χ4n) is 2.66. The topological polar surface area (TPSA) is 52.6 Å². The van der Waals surface area contributed by atoms with Crippen molar-refractivity contribution in [3.05, 3.63) is 35.4 Å². The first kappa shape index (κ1) is 15.0. The fourth-order valence-corrected chi connectivity index (χ4v) is 2.66. The lowest BCUT2D eigenvalue weighted by Gasteiger charge is -2.28. The molecule has 4 heteroatoms. The molecule has 1 aliphatic rings. The molecule has 1 amide bonds. The molecule has 4 nitrogen and oxygen atoms in total. The van der Waals surface area contributed by atoms with Gasteiger partial charge in [0.1, 0.15) is 0 Å². The quantitative estimate of drug-likeness (QED) is 0.881. The summed E-state index contributed by atoms with van der Waals surface area (Å²) in [5.74, 6) is -0.0904. The van der Waals surface area contributed by atoms with E-state index in [2.05, 4.69) is 10.2 Å². The van der Waals surface area contributed by atoms with Crippen molar-refractivity contribution in [3.8, 4) is 0 Å². The third-order valence-electron chi connectivity index (χ3n) is 3.76. The van der Waals surface area contributed by atoms with E-state index < -0.39 is 6.10 Å². The van der Waals surface area contributed by atoms with E-state index in [-0.39, 0.29) is 11.9 Å². The second-order valence-corrected chi connectivity index (χ2v) is 5.87. The maximum atomic E-state index is 12.2. The second kappa shape index (κ2) is 6.86. The van der Waals surface area contributed by atoms with Gasteiger partial charge in [-0.05, 0) is 44.6 Å². The number of nitrogens with one attached hydrogen (secondary N) is 1. The number of hydrogen-bond donors (Lipinski definition) is 2. The number of carbonyl (C=O) groups excluding carboxylic acids is 1. The minimum absolute atomic E-state index is 0.0904. The lowest BCUT2D eigenvalue weighted by molar-refractivity contribution is 0.0717. The lowest BCUT2D eigenvalue weighted by atomic mass is 9.92. The molecule has 2 N–H and O–H groups in total. The summed E-state index contributed by atoms with van der Waals surface area (Å²) >= 11 is 0. The van der Waals surface area contributed by atoms with Gasteiger partial charge < -0.3 is 15.3 Å². The summed E-state index contributed by atoms with van der Waals surface area (Å²) in [6.45, 7) is 0.864. The largest absolute Gasteiger partial charge is 0.391 e. The summed E-state index contributed by atoms with van der Waals surface area (Å²) in [6.07, 6.45) is 3.37. The van der Waals surface area contributed by atoms with Crippen molar-refractivity contribution in [2.45, 2.75) is 44.4 Å². The summed E-state index contributed by atoms with van der Waals surface area (Å²) in [4.78, 5) is 14.3. The number of nitrogens with zero attached hydrogens (tertiary/aromatic N) is 1. The smallest absolute Gasteiger partial charge is 0.251 e. The van der Waals surface area contributed by atoms with Crippen LogP contribution in [0.1, 0.15) is 41.6 Å². The zero-order chi connectivity index (χ0) is 14.5. The lowest BCUT2D eigenvalue weighted by Crippen LogP contribution is -2.45. The van der Waals surface area contributed by atoms with Crippen molar-refractivity contribution in [2.75, 3.05) is 14.1 Å². The van der Waals surface area contributed by atoms with E-state index in [1.54, 1.807) is 0 Å². The fraction of sp³-hybridized carbons (Fsp3) is 0.562. The number of hydrogen-bond acceptors (Lipinski definition) is 3. The molecule has 0 bridgehead atoms. The van der Waals surface area contributed by atoms with E-state index in [9.17, 15) is 9.90 Å². The average molecular weight is 276 g/mol. The molecule has 20 heavy (non-hydrogen) atoms. The molecular weight excluding hydrogens is 252 g/mol. The molecule has 0 heterocycles. The Balaban J connectivity index is 1.95. The average Bonchev–Trinajstić information content (AvgIpc) is 2.41. The monoisotopic (exact) mass is 276 g/mol. The molecule has 0 unspecified atom stereocenters. The van der Waals surface area contributed by atoms with E-state index in [0.29, 0.717) is 5.56 Å². The van der Waals surface area contributed by atoms with Crippen molar-refractivity contribution >= 4 is 5.91 Å². The van der Waals surface area contributed by atoms with Gasteiger partial charge in [0.25, 0.3) is 5.91 Å². The summed E-state index contributed by atoms with van der Waals surface area (Å²) in [5.41, 5.74) is 1.84. The number of aliphatic hydroxyl groups is 1. The Morgan fingerprint density at radius 1 is 1.25 bits per heavy atom. The Morgan fingerprint density at radius 3 is 2.50 bits per heavy atom. The van der Waals surface area contributed by atoms with E-state index in [1.165, 1.54) is 5.56 Å². The predicted octanol–water partition coefficient (Wildman–Crippen LogP) is 1.78. The third-order valence-corrected chi connectivity index (χ3v) is 3.76. The van der Waals surface area contributed by atoms with Crippen molar-refractivity contribution < 1.29 is 9.90 Å². The van der Waals surface area contributed by atoms with Crippen molar-refractivity contribution in [2.24, 2.45) is 0 Å². The normalized spacial score (nSPS) is 22.8. The highest BCUT2D eigenvalue weighted by molar-refractivity contribution is 5.94. The zero-order valence-corrected chi connectivity index (χ0v) is 12.3. The minimum Gasteiger partial charge on any atom is -0.391 e. The minimum atomic E-state index is -0.402. The van der Waals surface area contributed by atoms with Gasteiger partial charge in [0, 0.05) is 12.1 Å². The van der Waals surface area contributed by atoms with Gasteiger partial charge in [0.2, 0.25) is 0 Å². The van der Waals surface area contributed by atoms with Gasteiger partial charge in [0.15, 0.2) is 0 Å². The van der Waals surface area contributed by atoms with Crippen molar-refractivity contribution in [1.82, 2.24) is 10.2 Å². The van der Waals surface area contributed by atoms with Crippen LogP contribution in [0.15, 0.2) is 24.3 Å². The highest BCUT2D eigenvalue weighted by Crippen LogP contribution is 2.18. The van der Waals surface area contributed by atoms with E-state index >= 15 is 0 Å². The zero-order valence-electron chi connectivity index (χ0n) is 12.3. The van der Waals surface area contributed by atoms with Gasteiger partial charge in [0.05, 0.1) is 12.1 Å². The van der Waals surface area contributed by atoms with Crippen LogP contribution in [-0.2, 0) is 6.54 Å². The van der Waals surface area contributed by atoms with E-state index in [0.717, 1.165) is 32.2 Å². The molecular formula is C16H24N2O2. The summed E-state index contributed by atoms with van der Waals surface area (Å²) in [6, 6.07) is 7.56. The molecule has 1 aliphatic carbocycles. The van der Waals surface area contributed by atoms with Gasteiger partial charge in [-0.3, -0.25) is 4.79 Å². The molecule has 110 valence electrons. The Morgan fingerprint density at radius 2 is 1.90 bits per heavy atom. The van der Waals surface area contributed by atoms with Crippen molar-refractivity contribution in [3.63, 3.8) is 0 Å². The molecule has 2 atom stereocenters. The van der Waals surface area contributed by atoms with Gasteiger partial charge in [-0.2, -0.15) is 0 Å². The van der Waals surface area contributed by atoms with Crippen LogP contribution < -0.4 is 5.32 Å². The van der Waals surface area contributed by atoms with Gasteiger partial charge in [-0.25, -0.2) is 0 Å². The first-order valence-corrected chi connectivity index (χ1v) is 7.29. The Labute approximate surface area is 120 Å². The first-order valence-electron chi connectivity index (χ1n) is 7.29. The SMILES string of the molecule is CN(C)Cc1ccc(C(=O)N[C@@H]2CCCC[C@H]2O)cc1. The van der Waals surface area contributed by atoms with E-state index in [1.807, 2.05) is 38.4 Å². The van der Waals surface area contributed by atoms with Crippen molar-refractivity contribution in [1.29, 1.82) is 0 Å². The van der Waals surface area contributed by atoms with Gasteiger partial charge in [-0.15, -0.1) is 0 Å². The maximum Gasteiger partial charge on any atom is 0.251 e. The Bertz CT molecular complexity index is 442. The predicted molar refractivity (Wildman–Crippen MR) is 79.6 cm³/mol. The Hall–Kier alpha value is -1.39. The standard InChI is InChI=1S/C16H24N2O2/c1-18(2)11-12-7-9-13(10-8-12)16(20)17-14-5-3-4-6-15(14)19/h7-10,14-15,19H,3-6,11H2,1-2H3,(H,17,20)/t14-,15-/m1/s1. The van der Waals surface area contributed by atoms with Crippen LogP contribution in [0.5, 0.6) is 0 Å². The molecule has 0 aromatic heterocycles. The van der Waals surface area contributed by atoms with Crippen LogP contribution >= 0.6 is 0 Å². The summed E-state index contributed by atoms with van der Waals surface area (Å²) < 4.78 is 0. The molecule has 1 aromatic carbocycles. The molecule has 0 aliphatic heterocycles. The number of rotatable bonds is 4. The third kappa shape index (κ3) is 4.05. The van der Waals surface area contributed by atoms with Crippen LogP contribution in [0.25, 0.3) is 0 Å². The maximum absolute atomic E-state index is 12.2. The number of benzene rings is 1. The van der Waals surface area contributed by atoms with Crippen LogP contribution in [0.2, 0.25) is 0 Å². The molecule has 1 aromatic rings. The number of carbonyl (C=O) groups is 1. The summed E-state index contributed by atoms with van der Waals surface area (Å²) in [5, 5.41) is 12.8. The Kier molecular flexibility index (Phi) is 5.15. The van der Waals surface area contributed by atoms with Gasteiger partial charge in [-0.1, -0.05) is 25.0 Å². The number of amides is 1. The molecule has 0 radical (unpaired) electrons. The molecule has 0 saturated heterocycles. The second-order valence-electron chi connectivity index (χ2n) is 5.87. The molecule has 0 spiro atoms. The highest BCUT2D eigenvalue weighted by atomic mass is 16.3. The van der Waals surface area contributed by atoms with Crippen LogP contribution in [0.4, 0.5) is 0 Å². The molecule has 1 fully saturated rings. The van der Waals surface area contributed by atoms with Crippen LogP contribution in [-0.4, -0.2) is 42.2 Å². The van der Waals surface area contributed by atoms with E-state index in [4.69, 9.17) is 0 Å². The number of aliphatic hydroxyl groups excluding tert-OH is 1. The first-order chi connectivity index (χ1) is 9.56. The van der Waals surface area contributed by atoms with Gasteiger partial charge >= 0.3 is 0 Å². The summed E-state index contributed by atoms with van der Waals surface area (Å²) in [7, 11) is 4.04. The van der Waals surface area contributed by atoms with Crippen LogP contribution in [0.3, 0.4) is 0 Å². The van der Waals surface area contributed by atoms with Crippen LogP contribution in [0, 0.1) is 0 Å².